The van der Waals surface area contributed by atoms with Crippen LogP contribution in [0, 0.1) is 11.8 Å². The number of carbonyl (C=O) groups excluding carboxylic acids is 1. The summed E-state index contributed by atoms with van der Waals surface area (Å²) in [5, 5.41) is 4.00. The number of anilines is 1. The van der Waals surface area contributed by atoms with Crippen molar-refractivity contribution in [3.63, 3.8) is 0 Å². The number of rotatable bonds is 4. The van der Waals surface area contributed by atoms with Gasteiger partial charge in [0.2, 0.25) is 0 Å². The first-order chi connectivity index (χ1) is 9.13. The number of hydrogen-bond donors (Lipinski definition) is 0. The van der Waals surface area contributed by atoms with E-state index in [4.69, 9.17) is 0 Å². The minimum absolute atomic E-state index is 0.116. The van der Waals surface area contributed by atoms with Gasteiger partial charge in [-0.3, -0.25) is 4.79 Å². The molecule has 0 radical (unpaired) electrons. The van der Waals surface area contributed by atoms with Crippen LogP contribution >= 0.6 is 0 Å². The molecule has 2 aromatic rings. The molecule has 0 N–H and O–H groups in total. The van der Waals surface area contributed by atoms with Gasteiger partial charge < -0.3 is 0 Å². The molecule has 2 aromatic carbocycles. The zero-order chi connectivity index (χ0) is 13.8. The van der Waals surface area contributed by atoms with Crippen LogP contribution in [0.4, 0.5) is 5.69 Å². The molecule has 0 bridgehead atoms. The highest BCUT2D eigenvalue weighted by Crippen LogP contribution is 2.22. The van der Waals surface area contributed by atoms with Crippen molar-refractivity contribution < 1.29 is 4.79 Å². The number of benzene rings is 2. The van der Waals surface area contributed by atoms with Crippen LogP contribution in [-0.2, 0) is 0 Å². The highest BCUT2D eigenvalue weighted by Gasteiger charge is 2.15. The fourth-order valence-electron chi connectivity index (χ4n) is 1.93. The molecule has 0 saturated heterocycles. The molecule has 0 aromatic heterocycles. The highest BCUT2D eigenvalue weighted by molar-refractivity contribution is 6.12. The normalized spacial score (nSPS) is 10.0. The first kappa shape index (κ1) is 13.0. The first-order valence-electron chi connectivity index (χ1n) is 5.91. The Bertz CT molecular complexity index is 623. The van der Waals surface area contributed by atoms with Crippen molar-refractivity contribution in [2.24, 2.45) is 5.29 Å². The predicted molar refractivity (Wildman–Crippen MR) is 75.3 cm³/mol. The number of nitrogens with zero attached hydrogens (tertiary/aromatic N) is 2. The topological polar surface area (TPSA) is 49.7 Å². The van der Waals surface area contributed by atoms with E-state index in [0.29, 0.717) is 16.8 Å². The second-order valence-electron chi connectivity index (χ2n) is 4.32. The third-order valence-corrected chi connectivity index (χ3v) is 2.90. The number of hydrogen-bond acceptors (Lipinski definition) is 3. The maximum absolute atomic E-state index is 12.5. The maximum atomic E-state index is 12.5. The number of carbonyl (C=O) groups is 1. The molecular weight excluding hydrogens is 240 g/mol. The third kappa shape index (κ3) is 2.68. The Kier molecular flexibility index (Phi) is 3.71. The standard InChI is InChI=1S/C15H14N2O2/c1-11-6-5-7-12(10-11)15(18)13-8-3-4-9-14(13)17(2)16-19/h3-10H,1-2H3. The molecule has 4 heteroatoms. The summed E-state index contributed by atoms with van der Waals surface area (Å²) in [7, 11) is 1.52. The maximum Gasteiger partial charge on any atom is 0.195 e. The molecule has 0 saturated carbocycles. The van der Waals surface area contributed by atoms with Crippen LogP contribution in [0.2, 0.25) is 0 Å². The van der Waals surface area contributed by atoms with E-state index in [0.717, 1.165) is 10.6 Å². The average molecular weight is 254 g/mol. The summed E-state index contributed by atoms with van der Waals surface area (Å²) in [5.41, 5.74) is 2.59. The number of nitroso groups, excluding NO2 is 1. The molecule has 0 spiro atoms. The monoisotopic (exact) mass is 254 g/mol. The average Bonchev–Trinajstić information content (AvgIpc) is 2.45. The van der Waals surface area contributed by atoms with E-state index in [1.807, 2.05) is 25.1 Å². The third-order valence-electron chi connectivity index (χ3n) is 2.90. The fraction of sp³-hybridized carbons (Fsp3) is 0.133. The minimum atomic E-state index is -0.116. The van der Waals surface area contributed by atoms with Gasteiger partial charge in [-0.25, -0.2) is 5.01 Å². The number of aryl methyl sites for hydroxylation is 1. The van der Waals surface area contributed by atoms with Crippen molar-refractivity contribution in [3.8, 4) is 0 Å². The zero-order valence-corrected chi connectivity index (χ0v) is 10.8. The second-order valence-corrected chi connectivity index (χ2v) is 4.32. The van der Waals surface area contributed by atoms with Gasteiger partial charge in [-0.2, -0.15) is 0 Å². The number of ketones is 1. The van der Waals surface area contributed by atoms with Crippen LogP contribution in [0.3, 0.4) is 0 Å². The van der Waals surface area contributed by atoms with Gasteiger partial charge in [-0.05, 0) is 25.1 Å². The van der Waals surface area contributed by atoms with Gasteiger partial charge in [-0.15, -0.1) is 4.91 Å². The Morgan fingerprint density at radius 2 is 1.84 bits per heavy atom. The van der Waals surface area contributed by atoms with Crippen molar-refractivity contribution in [1.29, 1.82) is 0 Å². The molecule has 0 aliphatic rings. The lowest BCUT2D eigenvalue weighted by Gasteiger charge is -2.13. The van der Waals surface area contributed by atoms with E-state index in [2.05, 4.69) is 5.29 Å². The van der Waals surface area contributed by atoms with Gasteiger partial charge in [-0.1, -0.05) is 35.9 Å². The molecule has 0 atom stereocenters. The molecule has 0 heterocycles. The van der Waals surface area contributed by atoms with Crippen molar-refractivity contribution in [1.82, 2.24) is 0 Å². The summed E-state index contributed by atoms with van der Waals surface area (Å²) in [4.78, 5) is 23.1. The summed E-state index contributed by atoms with van der Waals surface area (Å²) in [6, 6.07) is 14.3. The van der Waals surface area contributed by atoms with Crippen LogP contribution in [0.5, 0.6) is 0 Å². The molecule has 4 nitrogen and oxygen atoms in total. The van der Waals surface area contributed by atoms with Crippen LogP contribution in [0.1, 0.15) is 21.5 Å². The van der Waals surface area contributed by atoms with E-state index in [9.17, 15) is 9.70 Å². The summed E-state index contributed by atoms with van der Waals surface area (Å²) < 4.78 is 0. The van der Waals surface area contributed by atoms with E-state index < -0.39 is 0 Å². The van der Waals surface area contributed by atoms with Gasteiger partial charge in [0.25, 0.3) is 0 Å². The Labute approximate surface area is 111 Å². The van der Waals surface area contributed by atoms with Gasteiger partial charge in [0.1, 0.15) is 0 Å². The lowest BCUT2D eigenvalue weighted by atomic mass is 10.00. The summed E-state index contributed by atoms with van der Waals surface area (Å²) >= 11 is 0. The zero-order valence-electron chi connectivity index (χ0n) is 10.8. The highest BCUT2D eigenvalue weighted by atomic mass is 16.3. The quantitative estimate of drug-likeness (QED) is 0.477. The van der Waals surface area contributed by atoms with Gasteiger partial charge >= 0.3 is 0 Å². The van der Waals surface area contributed by atoms with Crippen LogP contribution in [0.25, 0.3) is 0 Å². The lowest BCUT2D eigenvalue weighted by molar-refractivity contribution is 0.103. The SMILES string of the molecule is Cc1cccc(C(=O)c2ccccc2N(C)N=O)c1. The molecule has 96 valence electrons. The van der Waals surface area contributed by atoms with E-state index in [1.165, 1.54) is 7.05 Å². The second kappa shape index (κ2) is 5.44. The van der Waals surface area contributed by atoms with Crippen LogP contribution < -0.4 is 5.01 Å². The molecule has 19 heavy (non-hydrogen) atoms. The predicted octanol–water partition coefficient (Wildman–Crippen LogP) is 3.34. The molecule has 0 aliphatic carbocycles. The largest absolute Gasteiger partial charge is 0.289 e. The summed E-state index contributed by atoms with van der Waals surface area (Å²) in [6.45, 7) is 1.93. The van der Waals surface area contributed by atoms with E-state index in [1.54, 1.807) is 30.3 Å². The van der Waals surface area contributed by atoms with Gasteiger partial charge in [0.15, 0.2) is 5.78 Å². The van der Waals surface area contributed by atoms with Gasteiger partial charge in [0.05, 0.1) is 11.0 Å². The smallest absolute Gasteiger partial charge is 0.195 e. The lowest BCUT2D eigenvalue weighted by Crippen LogP contribution is -2.13. The molecule has 0 amide bonds. The van der Waals surface area contributed by atoms with E-state index in [-0.39, 0.29) is 5.78 Å². The van der Waals surface area contributed by atoms with Crippen LogP contribution in [-0.4, -0.2) is 12.8 Å². The molecule has 2 rings (SSSR count). The molecule has 0 unspecified atom stereocenters. The molecule has 0 aliphatic heterocycles. The van der Waals surface area contributed by atoms with Crippen molar-refractivity contribution in [3.05, 3.63) is 70.1 Å². The fourth-order valence-corrected chi connectivity index (χ4v) is 1.93. The van der Waals surface area contributed by atoms with Gasteiger partial charge in [0, 0.05) is 18.2 Å². The molecular formula is C15H14N2O2. The Morgan fingerprint density at radius 3 is 2.53 bits per heavy atom. The Morgan fingerprint density at radius 1 is 1.11 bits per heavy atom. The van der Waals surface area contributed by atoms with Crippen molar-refractivity contribution in [2.45, 2.75) is 6.92 Å². The van der Waals surface area contributed by atoms with Crippen molar-refractivity contribution >= 4 is 11.5 Å². The minimum Gasteiger partial charge on any atom is -0.289 e. The number of para-hydroxylation sites is 1. The Hall–Kier alpha value is -2.49. The Balaban J connectivity index is 2.47. The van der Waals surface area contributed by atoms with Crippen molar-refractivity contribution in [2.75, 3.05) is 12.1 Å². The summed E-state index contributed by atoms with van der Waals surface area (Å²) in [6.07, 6.45) is 0. The first-order valence-corrected chi connectivity index (χ1v) is 5.91. The summed E-state index contributed by atoms with van der Waals surface area (Å²) in [5.74, 6) is -0.116. The van der Waals surface area contributed by atoms with Crippen LogP contribution in [0.15, 0.2) is 53.8 Å². The molecule has 0 fully saturated rings. The van der Waals surface area contributed by atoms with E-state index >= 15 is 0 Å².